The molecule has 0 aliphatic carbocycles. The molecule has 8 heteroatoms. The van der Waals surface area contributed by atoms with Gasteiger partial charge in [-0.3, -0.25) is 19.4 Å². The maximum Gasteiger partial charge on any atom is 0.277 e. The Bertz CT molecular complexity index is 1100. The number of aliphatic imine (C=N–C) groups is 2. The highest BCUT2D eigenvalue weighted by Gasteiger charge is 2.24. The fraction of sp³-hybridized carbons (Fsp3) is 0.167. The van der Waals surface area contributed by atoms with E-state index in [0.717, 1.165) is 11.1 Å². The highest BCUT2D eigenvalue weighted by Crippen LogP contribution is 2.20. The smallest absolute Gasteiger partial charge is 0.277 e. The van der Waals surface area contributed by atoms with Gasteiger partial charge in [-0.2, -0.15) is 0 Å². The van der Waals surface area contributed by atoms with E-state index in [-0.39, 0.29) is 23.3 Å². The van der Waals surface area contributed by atoms with Gasteiger partial charge in [0, 0.05) is 14.1 Å². The molecule has 0 saturated heterocycles. The van der Waals surface area contributed by atoms with Crippen molar-refractivity contribution in [2.24, 2.45) is 9.98 Å². The molecule has 2 N–H and O–H groups in total. The Morgan fingerprint density at radius 1 is 0.719 bits per heavy atom. The van der Waals surface area contributed by atoms with Gasteiger partial charge in [0.15, 0.2) is 0 Å². The summed E-state index contributed by atoms with van der Waals surface area (Å²) < 4.78 is 0. The van der Waals surface area contributed by atoms with Gasteiger partial charge in [-0.1, -0.05) is 24.3 Å². The molecule has 0 unspecified atom stereocenters. The SMILES string of the molecule is CC1=N/C(=C\c2cccc(O)c2)C(=O)N1C.CC1=N/C(=C\c2cccc(O)c2)C(=O)N1C. The lowest BCUT2D eigenvalue weighted by Gasteiger charge is -2.05. The van der Waals surface area contributed by atoms with E-state index in [2.05, 4.69) is 9.98 Å². The summed E-state index contributed by atoms with van der Waals surface area (Å²) in [5, 5.41) is 18.6. The monoisotopic (exact) mass is 432 g/mol. The standard InChI is InChI=1S/2C12H12N2O2/c2*1-8-13-11(12(16)14(8)2)7-9-4-3-5-10(15)6-9/h2*3-7,15H,1-2H3/b2*11-7-. The van der Waals surface area contributed by atoms with Crippen LogP contribution in [0, 0.1) is 0 Å². The molecule has 32 heavy (non-hydrogen) atoms. The predicted octanol–water partition coefficient (Wildman–Crippen LogP) is 3.25. The summed E-state index contributed by atoms with van der Waals surface area (Å²) >= 11 is 0. The molecule has 164 valence electrons. The van der Waals surface area contributed by atoms with Gasteiger partial charge in [0.2, 0.25) is 0 Å². The number of benzene rings is 2. The molecule has 2 aliphatic heterocycles. The molecule has 0 bridgehead atoms. The Kier molecular flexibility index (Phi) is 6.53. The number of carbonyl (C=O) groups excluding carboxylic acids is 2. The minimum Gasteiger partial charge on any atom is -0.508 e. The first kappa shape index (κ1) is 22.5. The van der Waals surface area contributed by atoms with Gasteiger partial charge in [0.25, 0.3) is 11.8 Å². The van der Waals surface area contributed by atoms with Gasteiger partial charge in [0.1, 0.15) is 34.6 Å². The van der Waals surface area contributed by atoms with E-state index in [1.165, 1.54) is 9.80 Å². The maximum absolute atomic E-state index is 11.7. The van der Waals surface area contributed by atoms with E-state index in [9.17, 15) is 19.8 Å². The van der Waals surface area contributed by atoms with Crippen LogP contribution in [0.25, 0.3) is 12.2 Å². The van der Waals surface area contributed by atoms with Gasteiger partial charge in [-0.15, -0.1) is 0 Å². The van der Waals surface area contributed by atoms with E-state index < -0.39 is 0 Å². The number of phenols is 2. The van der Waals surface area contributed by atoms with Crippen molar-refractivity contribution in [3.05, 3.63) is 71.1 Å². The van der Waals surface area contributed by atoms with Gasteiger partial charge in [0.05, 0.1) is 0 Å². The number of amides is 2. The summed E-state index contributed by atoms with van der Waals surface area (Å²) in [5.74, 6) is 1.46. The molecule has 0 radical (unpaired) electrons. The topological polar surface area (TPSA) is 106 Å². The fourth-order valence-corrected chi connectivity index (χ4v) is 2.96. The summed E-state index contributed by atoms with van der Waals surface area (Å²) in [7, 11) is 3.37. The van der Waals surface area contributed by atoms with Crippen LogP contribution in [0.4, 0.5) is 0 Å². The molecule has 2 aromatic rings. The molecule has 0 aromatic heterocycles. The molecule has 0 fully saturated rings. The number of hydrogen-bond acceptors (Lipinski definition) is 6. The molecule has 0 saturated carbocycles. The number of likely N-dealkylation sites (N-methyl/N-ethyl adjacent to an activating group) is 2. The number of hydrogen-bond donors (Lipinski definition) is 2. The second kappa shape index (κ2) is 9.30. The van der Waals surface area contributed by atoms with E-state index in [4.69, 9.17) is 0 Å². The zero-order valence-corrected chi connectivity index (χ0v) is 18.3. The molecule has 0 spiro atoms. The van der Waals surface area contributed by atoms with E-state index in [1.54, 1.807) is 76.5 Å². The Morgan fingerprint density at radius 2 is 1.09 bits per heavy atom. The second-order valence-electron chi connectivity index (χ2n) is 7.30. The van der Waals surface area contributed by atoms with Crippen molar-refractivity contribution in [2.45, 2.75) is 13.8 Å². The third-order valence-electron chi connectivity index (χ3n) is 4.93. The molecule has 4 rings (SSSR count). The van der Waals surface area contributed by atoms with E-state index >= 15 is 0 Å². The Hall–Kier alpha value is -4.20. The first-order chi connectivity index (χ1) is 15.2. The van der Waals surface area contributed by atoms with Crippen LogP contribution in [0.15, 0.2) is 69.9 Å². The summed E-state index contributed by atoms with van der Waals surface area (Å²) in [5.41, 5.74) is 2.31. The van der Waals surface area contributed by atoms with Crippen molar-refractivity contribution in [3.8, 4) is 11.5 Å². The number of amidine groups is 2. The molecular weight excluding hydrogens is 408 g/mol. The predicted molar refractivity (Wildman–Crippen MR) is 124 cm³/mol. The zero-order chi connectivity index (χ0) is 23.4. The molecule has 8 nitrogen and oxygen atoms in total. The number of aromatic hydroxyl groups is 2. The third kappa shape index (κ3) is 5.10. The number of rotatable bonds is 2. The van der Waals surface area contributed by atoms with Crippen molar-refractivity contribution in [2.75, 3.05) is 14.1 Å². The van der Waals surface area contributed by atoms with Crippen molar-refractivity contribution in [1.82, 2.24) is 9.80 Å². The van der Waals surface area contributed by atoms with Crippen molar-refractivity contribution in [3.63, 3.8) is 0 Å². The van der Waals surface area contributed by atoms with Gasteiger partial charge >= 0.3 is 0 Å². The number of phenolic OH excluding ortho intramolecular Hbond substituents is 2. The fourth-order valence-electron chi connectivity index (χ4n) is 2.96. The van der Waals surface area contributed by atoms with Crippen LogP contribution in [0.5, 0.6) is 11.5 Å². The van der Waals surface area contributed by atoms with Crippen LogP contribution >= 0.6 is 0 Å². The van der Waals surface area contributed by atoms with E-state index in [1.807, 2.05) is 12.1 Å². The molecular formula is C24H24N4O4. The lowest BCUT2D eigenvalue weighted by Crippen LogP contribution is -2.25. The lowest BCUT2D eigenvalue weighted by atomic mass is 10.2. The largest absolute Gasteiger partial charge is 0.508 e. The normalized spacial score (nSPS) is 18.1. The third-order valence-corrected chi connectivity index (χ3v) is 4.93. The number of nitrogens with zero attached hydrogens (tertiary/aromatic N) is 4. The average molecular weight is 432 g/mol. The summed E-state index contributed by atoms with van der Waals surface area (Å²) in [4.78, 5) is 34.7. The summed E-state index contributed by atoms with van der Waals surface area (Å²) in [6.07, 6.45) is 3.32. The Balaban J connectivity index is 0.000000181. The number of carbonyl (C=O) groups is 2. The molecule has 2 heterocycles. The van der Waals surface area contributed by atoms with E-state index in [0.29, 0.717) is 23.1 Å². The van der Waals surface area contributed by atoms with Gasteiger partial charge < -0.3 is 10.2 Å². The Morgan fingerprint density at radius 3 is 1.38 bits per heavy atom. The molecule has 2 aromatic carbocycles. The summed E-state index contributed by atoms with van der Waals surface area (Å²) in [6.45, 7) is 3.56. The van der Waals surface area contributed by atoms with Crippen LogP contribution < -0.4 is 0 Å². The zero-order valence-electron chi connectivity index (χ0n) is 18.3. The first-order valence-electron chi connectivity index (χ1n) is 9.84. The van der Waals surface area contributed by atoms with Crippen LogP contribution in [0.3, 0.4) is 0 Å². The lowest BCUT2D eigenvalue weighted by molar-refractivity contribution is -0.122. The average Bonchev–Trinajstić information content (AvgIpc) is 3.12. The molecule has 2 amide bonds. The van der Waals surface area contributed by atoms with Crippen molar-refractivity contribution >= 4 is 35.6 Å². The van der Waals surface area contributed by atoms with Gasteiger partial charge in [-0.25, -0.2) is 9.98 Å². The molecule has 2 aliphatic rings. The first-order valence-corrected chi connectivity index (χ1v) is 9.84. The minimum absolute atomic E-state index is 0.124. The highest BCUT2D eigenvalue weighted by molar-refractivity contribution is 6.14. The minimum atomic E-state index is -0.124. The summed E-state index contributed by atoms with van der Waals surface area (Å²) in [6, 6.07) is 13.4. The van der Waals surface area contributed by atoms with Crippen LogP contribution in [-0.2, 0) is 9.59 Å². The van der Waals surface area contributed by atoms with Crippen LogP contribution in [-0.4, -0.2) is 57.6 Å². The van der Waals surface area contributed by atoms with Crippen LogP contribution in [0.2, 0.25) is 0 Å². The van der Waals surface area contributed by atoms with Gasteiger partial charge in [-0.05, 0) is 61.4 Å². The Labute approximate surface area is 186 Å². The van der Waals surface area contributed by atoms with Crippen molar-refractivity contribution in [1.29, 1.82) is 0 Å². The van der Waals surface area contributed by atoms with Crippen molar-refractivity contribution < 1.29 is 19.8 Å². The van der Waals surface area contributed by atoms with Crippen LogP contribution in [0.1, 0.15) is 25.0 Å². The molecule has 0 atom stereocenters. The highest BCUT2D eigenvalue weighted by atomic mass is 16.3. The second-order valence-corrected chi connectivity index (χ2v) is 7.30. The quantitative estimate of drug-likeness (QED) is 0.711. The maximum atomic E-state index is 11.7.